The molecule has 1 aromatic heterocycles. The van der Waals surface area contributed by atoms with E-state index in [9.17, 15) is 0 Å². The second-order valence-electron chi connectivity index (χ2n) is 13.8. The molecule has 0 aliphatic heterocycles. The summed E-state index contributed by atoms with van der Waals surface area (Å²) in [6, 6.07) is 0.251. The van der Waals surface area contributed by atoms with Crippen LogP contribution in [0, 0.1) is 16.6 Å². The van der Waals surface area contributed by atoms with Gasteiger partial charge in [-0.1, -0.05) is 112 Å². The zero-order valence-corrected chi connectivity index (χ0v) is 33.8. The van der Waals surface area contributed by atoms with Crippen LogP contribution in [0.4, 0.5) is 4.39 Å². The Morgan fingerprint density at radius 1 is 0.917 bits per heavy atom. The summed E-state index contributed by atoms with van der Waals surface area (Å²) in [5.41, 5.74) is 10.2. The number of benzene rings is 1. The van der Waals surface area contributed by atoms with Crippen LogP contribution in [0.5, 0.6) is 6.01 Å². The molecule has 1 heterocycles. The van der Waals surface area contributed by atoms with Crippen LogP contribution >= 0.6 is 0 Å². The lowest BCUT2D eigenvalue weighted by molar-refractivity contribution is 0.214. The molecule has 48 heavy (non-hydrogen) atoms. The van der Waals surface area contributed by atoms with E-state index in [-0.39, 0.29) is 17.2 Å². The van der Waals surface area contributed by atoms with Gasteiger partial charge in [-0.2, -0.15) is 4.98 Å². The van der Waals surface area contributed by atoms with Crippen molar-refractivity contribution >= 4 is 16.5 Å². The second kappa shape index (κ2) is 20.1. The highest BCUT2D eigenvalue weighted by molar-refractivity contribution is 5.94. The Morgan fingerprint density at radius 3 is 1.88 bits per heavy atom. The van der Waals surface area contributed by atoms with E-state index in [1.165, 1.54) is 50.5 Å². The Morgan fingerprint density at radius 2 is 1.48 bits per heavy atom. The van der Waals surface area contributed by atoms with Crippen LogP contribution in [0.15, 0.2) is 46.7 Å². The molecule has 0 atom stereocenters. The molecule has 0 N–H and O–H groups in total. The minimum Gasteiger partial charge on any atom is -0.463 e. The molecule has 4 heteroatoms. The number of halogens is 1. The van der Waals surface area contributed by atoms with Crippen LogP contribution in [-0.4, -0.2) is 16.6 Å². The van der Waals surface area contributed by atoms with E-state index >= 15 is 4.39 Å². The first kappa shape index (κ1) is 43.3. The largest absolute Gasteiger partial charge is 0.463 e. The molecule has 0 saturated heterocycles. The van der Waals surface area contributed by atoms with Gasteiger partial charge in [-0.25, -0.2) is 9.37 Å². The van der Waals surface area contributed by atoms with Crippen LogP contribution in [0.3, 0.4) is 0 Å². The first-order valence-corrected chi connectivity index (χ1v) is 19.1. The molecule has 1 saturated carbocycles. The molecule has 270 valence electrons. The summed E-state index contributed by atoms with van der Waals surface area (Å²) in [6.07, 6.45) is 15.5. The number of fused-ring (bicyclic) bond motifs is 1. The predicted octanol–water partition coefficient (Wildman–Crippen LogP) is 14.1. The number of hydrogen-bond acceptors (Lipinski definition) is 3. The summed E-state index contributed by atoms with van der Waals surface area (Å²) in [6.45, 7) is 37.2. The van der Waals surface area contributed by atoms with E-state index in [4.69, 9.17) is 4.74 Å². The average molecular weight is 663 g/mol. The molecular formula is C44H71FN2O. The normalized spacial score (nSPS) is 14.3. The molecule has 0 bridgehead atoms. The van der Waals surface area contributed by atoms with Crippen LogP contribution < -0.4 is 4.74 Å². The van der Waals surface area contributed by atoms with Gasteiger partial charge in [-0.15, -0.1) is 0 Å². The molecule has 0 amide bonds. The van der Waals surface area contributed by atoms with Gasteiger partial charge in [-0.05, 0) is 119 Å². The molecule has 1 aliphatic carbocycles. The Balaban J connectivity index is 0.000000822. The molecule has 0 radical (unpaired) electrons. The molecule has 1 fully saturated rings. The summed E-state index contributed by atoms with van der Waals surface area (Å²) in [5.74, 6) is -0.335. The predicted molar refractivity (Wildman–Crippen MR) is 210 cm³/mol. The summed E-state index contributed by atoms with van der Waals surface area (Å²) in [7, 11) is 0. The topological polar surface area (TPSA) is 35.0 Å². The van der Waals surface area contributed by atoms with Gasteiger partial charge in [0.05, 0.1) is 6.61 Å². The van der Waals surface area contributed by atoms with Crippen molar-refractivity contribution in [3.05, 3.63) is 69.2 Å². The summed E-state index contributed by atoms with van der Waals surface area (Å²) in [4.78, 5) is 9.09. The van der Waals surface area contributed by atoms with Crippen molar-refractivity contribution in [3.63, 3.8) is 0 Å². The highest BCUT2D eigenvalue weighted by atomic mass is 19.1. The van der Waals surface area contributed by atoms with Crippen molar-refractivity contribution < 1.29 is 9.13 Å². The molecule has 3 nitrogen and oxygen atoms in total. The highest BCUT2D eigenvalue weighted by Gasteiger charge is 2.41. The van der Waals surface area contributed by atoms with Gasteiger partial charge in [0.1, 0.15) is 5.52 Å². The molecule has 0 spiro atoms. The zero-order chi connectivity index (χ0) is 36.8. The van der Waals surface area contributed by atoms with E-state index in [0.29, 0.717) is 35.1 Å². The lowest BCUT2D eigenvalue weighted by Crippen LogP contribution is -2.16. The standard InChI is InChI=1S/C32H43FN2O.C10H22.C2H6/c1-11-20(7)22(9)27(21(8)19(5)6)23(10)28-25(13-3)24(12-2)26-17-34-31(35-30(26)29(28)33)36-18-32(14-4)15-16-32;1-5-9-10(6-2,7-3)8-4;1-2/h11,17H,10,12-16,18H2,1-9H3;5-9H2,1-4H3;1-2H3/b20-11-,27-22-;;. The van der Waals surface area contributed by atoms with Crippen LogP contribution in [-0.2, 0) is 12.8 Å². The van der Waals surface area contributed by atoms with Gasteiger partial charge in [0, 0.05) is 22.6 Å². The third-order valence-corrected chi connectivity index (χ3v) is 11.3. The first-order chi connectivity index (χ1) is 22.8. The molecule has 1 aromatic carbocycles. The van der Waals surface area contributed by atoms with Gasteiger partial charge in [0.25, 0.3) is 0 Å². The fourth-order valence-electron chi connectivity index (χ4n) is 6.82. The van der Waals surface area contributed by atoms with Crippen molar-refractivity contribution in [2.45, 2.75) is 168 Å². The molecule has 1 aliphatic rings. The van der Waals surface area contributed by atoms with E-state index in [2.05, 4.69) is 106 Å². The van der Waals surface area contributed by atoms with Crippen molar-refractivity contribution in [2.75, 3.05) is 6.61 Å². The monoisotopic (exact) mass is 663 g/mol. The number of rotatable bonds is 15. The average Bonchev–Trinajstić information content (AvgIpc) is 3.90. The molecule has 0 unspecified atom stereocenters. The van der Waals surface area contributed by atoms with Crippen molar-refractivity contribution in [2.24, 2.45) is 10.8 Å². The van der Waals surface area contributed by atoms with Gasteiger partial charge < -0.3 is 4.74 Å². The quantitative estimate of drug-likeness (QED) is 0.178. The van der Waals surface area contributed by atoms with E-state index in [0.717, 1.165) is 51.6 Å². The maximum absolute atomic E-state index is 16.5. The summed E-state index contributed by atoms with van der Waals surface area (Å²) in [5, 5.41) is 0.762. The Kier molecular flexibility index (Phi) is 18.1. The van der Waals surface area contributed by atoms with Crippen LogP contribution in [0.1, 0.15) is 172 Å². The Labute approximate surface area is 295 Å². The third-order valence-electron chi connectivity index (χ3n) is 11.3. The SMILES string of the molecule is C=C(/C(C(C)=C(C)C)=C(C)\C(C)=C/C)c1c(CC)c(CC)c2cnc(OCC3(CC)CC3)nc2c1F.CC.CCCC(CC)(CC)CC. The van der Waals surface area contributed by atoms with Crippen LogP contribution in [0.25, 0.3) is 16.5 Å². The Hall–Kier alpha value is -2.75. The number of ether oxygens (including phenoxy) is 1. The number of aryl methyl sites for hydroxylation is 1. The van der Waals surface area contributed by atoms with Crippen LogP contribution in [0.2, 0.25) is 0 Å². The Bertz CT molecular complexity index is 1440. The lowest BCUT2D eigenvalue weighted by atomic mass is 9.76. The van der Waals surface area contributed by atoms with Crippen molar-refractivity contribution in [1.82, 2.24) is 9.97 Å². The molecular weight excluding hydrogens is 591 g/mol. The van der Waals surface area contributed by atoms with Crippen molar-refractivity contribution in [3.8, 4) is 6.01 Å². The van der Waals surface area contributed by atoms with Gasteiger partial charge in [0.2, 0.25) is 0 Å². The molecule has 3 rings (SSSR count). The zero-order valence-electron chi connectivity index (χ0n) is 33.8. The second-order valence-corrected chi connectivity index (χ2v) is 13.8. The maximum atomic E-state index is 16.5. The maximum Gasteiger partial charge on any atom is 0.317 e. The van der Waals surface area contributed by atoms with Gasteiger partial charge in [0.15, 0.2) is 5.82 Å². The highest BCUT2D eigenvalue weighted by Crippen LogP contribution is 2.48. The van der Waals surface area contributed by atoms with E-state index in [1.54, 1.807) is 6.20 Å². The summed E-state index contributed by atoms with van der Waals surface area (Å²) >= 11 is 0. The number of allylic oxidation sites excluding steroid dienone is 7. The number of nitrogens with zero attached hydrogens (tertiary/aromatic N) is 2. The number of aromatic nitrogens is 2. The van der Waals surface area contributed by atoms with Crippen molar-refractivity contribution in [1.29, 1.82) is 0 Å². The first-order valence-electron chi connectivity index (χ1n) is 19.1. The minimum absolute atomic E-state index is 0.237. The third kappa shape index (κ3) is 10.1. The molecule has 2 aromatic rings. The van der Waals surface area contributed by atoms with E-state index in [1.807, 2.05) is 20.8 Å². The number of hydrogen-bond donors (Lipinski definition) is 0. The summed E-state index contributed by atoms with van der Waals surface area (Å²) < 4.78 is 22.5. The smallest absolute Gasteiger partial charge is 0.317 e. The fraction of sp³-hybridized carbons (Fsp3) is 0.636. The van der Waals surface area contributed by atoms with E-state index < -0.39 is 0 Å². The van der Waals surface area contributed by atoms with Gasteiger partial charge in [-0.3, -0.25) is 0 Å². The fourth-order valence-corrected chi connectivity index (χ4v) is 6.82. The minimum atomic E-state index is -0.335. The lowest BCUT2D eigenvalue weighted by Gasteiger charge is -2.29. The van der Waals surface area contributed by atoms with Gasteiger partial charge >= 0.3 is 6.01 Å².